The van der Waals surface area contributed by atoms with Crippen LogP contribution in [0, 0.1) is 11.7 Å². The second kappa shape index (κ2) is 6.70. The molecule has 1 fully saturated rings. The van der Waals surface area contributed by atoms with E-state index in [1.807, 2.05) is 0 Å². The van der Waals surface area contributed by atoms with Crippen molar-refractivity contribution in [2.24, 2.45) is 16.8 Å². The number of hydrogen-bond acceptors (Lipinski definition) is 3. The third-order valence-electron chi connectivity index (χ3n) is 3.52. The van der Waals surface area contributed by atoms with E-state index in [0.29, 0.717) is 12.1 Å². The molecule has 1 aliphatic carbocycles. The van der Waals surface area contributed by atoms with E-state index in [1.54, 1.807) is 6.07 Å². The molecule has 0 unspecified atom stereocenters. The SMILES string of the molecule is CCCN(Cc1cc(F)cc(/C(N)=N/O)c1)CC1CC1. The molecule has 0 spiro atoms. The summed E-state index contributed by atoms with van der Waals surface area (Å²) in [5, 5.41) is 11.6. The van der Waals surface area contributed by atoms with Gasteiger partial charge in [-0.1, -0.05) is 12.1 Å². The van der Waals surface area contributed by atoms with Crippen LogP contribution in [0.1, 0.15) is 37.3 Å². The Morgan fingerprint density at radius 1 is 1.45 bits per heavy atom. The van der Waals surface area contributed by atoms with Gasteiger partial charge in [-0.15, -0.1) is 0 Å². The largest absolute Gasteiger partial charge is 0.409 e. The summed E-state index contributed by atoms with van der Waals surface area (Å²) in [6.07, 6.45) is 3.69. The summed E-state index contributed by atoms with van der Waals surface area (Å²) in [7, 11) is 0. The standard InChI is InChI=1S/C15H22FN3O/c1-2-5-19(9-11-3-4-11)10-12-6-13(15(17)18-20)8-14(16)7-12/h6-8,11,20H,2-5,9-10H2,1H3,(H2,17,18). The minimum atomic E-state index is -0.355. The Hall–Kier alpha value is -1.62. The van der Waals surface area contributed by atoms with Crippen LogP contribution in [0.2, 0.25) is 0 Å². The monoisotopic (exact) mass is 279 g/mol. The summed E-state index contributed by atoms with van der Waals surface area (Å²) in [5.41, 5.74) is 6.82. The predicted octanol–water partition coefficient (Wildman–Crippen LogP) is 2.54. The van der Waals surface area contributed by atoms with Gasteiger partial charge in [-0.3, -0.25) is 4.90 Å². The first-order chi connectivity index (χ1) is 9.62. The molecule has 0 bridgehead atoms. The van der Waals surface area contributed by atoms with Gasteiger partial charge in [-0.25, -0.2) is 4.39 Å². The fourth-order valence-corrected chi connectivity index (χ4v) is 2.42. The van der Waals surface area contributed by atoms with E-state index in [4.69, 9.17) is 10.9 Å². The number of oxime groups is 1. The molecule has 4 nitrogen and oxygen atoms in total. The molecule has 0 atom stereocenters. The first-order valence-corrected chi connectivity index (χ1v) is 7.12. The average molecular weight is 279 g/mol. The van der Waals surface area contributed by atoms with Crippen LogP contribution < -0.4 is 5.73 Å². The van der Waals surface area contributed by atoms with Gasteiger partial charge < -0.3 is 10.9 Å². The predicted molar refractivity (Wildman–Crippen MR) is 77.2 cm³/mol. The van der Waals surface area contributed by atoms with Gasteiger partial charge in [0, 0.05) is 18.7 Å². The van der Waals surface area contributed by atoms with E-state index < -0.39 is 0 Å². The molecule has 1 aromatic rings. The van der Waals surface area contributed by atoms with Crippen molar-refractivity contribution >= 4 is 5.84 Å². The third kappa shape index (κ3) is 4.20. The smallest absolute Gasteiger partial charge is 0.170 e. The lowest BCUT2D eigenvalue weighted by Gasteiger charge is -2.22. The fourth-order valence-electron chi connectivity index (χ4n) is 2.42. The number of amidine groups is 1. The normalized spacial score (nSPS) is 15.8. The lowest BCUT2D eigenvalue weighted by atomic mass is 10.1. The van der Waals surface area contributed by atoms with Crippen LogP contribution >= 0.6 is 0 Å². The van der Waals surface area contributed by atoms with Crippen LogP contribution in [0.15, 0.2) is 23.4 Å². The minimum absolute atomic E-state index is 0.0602. The van der Waals surface area contributed by atoms with Gasteiger partial charge in [0.05, 0.1) is 0 Å². The highest BCUT2D eigenvalue weighted by molar-refractivity contribution is 5.97. The number of nitrogens with two attached hydrogens (primary N) is 1. The van der Waals surface area contributed by atoms with Gasteiger partial charge in [0.1, 0.15) is 5.82 Å². The Morgan fingerprint density at radius 2 is 2.20 bits per heavy atom. The summed E-state index contributed by atoms with van der Waals surface area (Å²) in [6, 6.07) is 4.58. The van der Waals surface area contributed by atoms with Crippen LogP contribution in [0.3, 0.4) is 0 Å². The molecule has 110 valence electrons. The molecule has 0 amide bonds. The van der Waals surface area contributed by atoms with Crippen LogP contribution in [-0.4, -0.2) is 29.0 Å². The van der Waals surface area contributed by atoms with Gasteiger partial charge in [0.15, 0.2) is 5.84 Å². The van der Waals surface area contributed by atoms with Gasteiger partial charge in [0.2, 0.25) is 0 Å². The highest BCUT2D eigenvalue weighted by atomic mass is 19.1. The molecule has 20 heavy (non-hydrogen) atoms. The van der Waals surface area contributed by atoms with E-state index in [-0.39, 0.29) is 11.7 Å². The van der Waals surface area contributed by atoms with E-state index >= 15 is 0 Å². The lowest BCUT2D eigenvalue weighted by molar-refractivity contribution is 0.255. The maximum atomic E-state index is 13.6. The molecule has 1 saturated carbocycles. The molecule has 2 rings (SSSR count). The number of rotatable bonds is 7. The van der Waals surface area contributed by atoms with Crippen molar-refractivity contribution < 1.29 is 9.60 Å². The molecular weight excluding hydrogens is 257 g/mol. The van der Waals surface area contributed by atoms with Crippen molar-refractivity contribution in [3.63, 3.8) is 0 Å². The number of hydrogen-bond donors (Lipinski definition) is 2. The number of benzene rings is 1. The maximum absolute atomic E-state index is 13.6. The highest BCUT2D eigenvalue weighted by Gasteiger charge is 2.24. The summed E-state index contributed by atoms with van der Waals surface area (Å²) < 4.78 is 13.6. The van der Waals surface area contributed by atoms with Crippen molar-refractivity contribution in [2.45, 2.75) is 32.7 Å². The molecule has 5 heteroatoms. The second-order valence-corrected chi connectivity index (χ2v) is 5.51. The fraction of sp³-hybridized carbons (Fsp3) is 0.533. The zero-order valence-corrected chi connectivity index (χ0v) is 11.8. The zero-order valence-electron chi connectivity index (χ0n) is 11.8. The lowest BCUT2D eigenvalue weighted by Crippen LogP contribution is -2.26. The van der Waals surface area contributed by atoms with E-state index in [1.165, 1.54) is 25.0 Å². The van der Waals surface area contributed by atoms with Gasteiger partial charge in [0.25, 0.3) is 0 Å². The number of nitrogens with zero attached hydrogens (tertiary/aromatic N) is 2. The Morgan fingerprint density at radius 3 is 2.80 bits per heavy atom. The maximum Gasteiger partial charge on any atom is 0.170 e. The summed E-state index contributed by atoms with van der Waals surface area (Å²) in [4.78, 5) is 2.35. The van der Waals surface area contributed by atoms with Crippen LogP contribution in [0.4, 0.5) is 4.39 Å². The van der Waals surface area contributed by atoms with E-state index in [2.05, 4.69) is 17.0 Å². The molecule has 0 aromatic heterocycles. The summed E-state index contributed by atoms with van der Waals surface area (Å²) in [5.74, 6) is 0.389. The van der Waals surface area contributed by atoms with Crippen molar-refractivity contribution in [2.75, 3.05) is 13.1 Å². The Labute approximate surface area is 119 Å². The zero-order chi connectivity index (χ0) is 14.5. The molecule has 0 heterocycles. The van der Waals surface area contributed by atoms with Crippen LogP contribution in [-0.2, 0) is 6.54 Å². The van der Waals surface area contributed by atoms with Gasteiger partial charge in [-0.05, 0) is 55.5 Å². The van der Waals surface area contributed by atoms with E-state index in [0.717, 1.165) is 31.0 Å². The van der Waals surface area contributed by atoms with Gasteiger partial charge in [-0.2, -0.15) is 0 Å². The molecule has 0 aliphatic heterocycles. The first kappa shape index (κ1) is 14.8. The minimum Gasteiger partial charge on any atom is -0.409 e. The highest BCUT2D eigenvalue weighted by Crippen LogP contribution is 2.30. The van der Waals surface area contributed by atoms with Crippen molar-refractivity contribution in [1.29, 1.82) is 0 Å². The topological polar surface area (TPSA) is 61.8 Å². The van der Waals surface area contributed by atoms with Crippen molar-refractivity contribution in [3.8, 4) is 0 Å². The van der Waals surface area contributed by atoms with Crippen molar-refractivity contribution in [3.05, 3.63) is 35.1 Å². The molecular formula is C15H22FN3O. The van der Waals surface area contributed by atoms with Crippen LogP contribution in [0.25, 0.3) is 0 Å². The molecule has 3 N–H and O–H groups in total. The third-order valence-corrected chi connectivity index (χ3v) is 3.52. The Kier molecular flexibility index (Phi) is 4.95. The summed E-state index contributed by atoms with van der Waals surface area (Å²) in [6.45, 7) is 4.93. The van der Waals surface area contributed by atoms with Crippen LogP contribution in [0.5, 0.6) is 0 Å². The Bertz CT molecular complexity index is 486. The molecule has 0 radical (unpaired) electrons. The average Bonchev–Trinajstić information content (AvgIpc) is 3.21. The quantitative estimate of drug-likeness (QED) is 0.349. The summed E-state index contributed by atoms with van der Waals surface area (Å²) >= 11 is 0. The van der Waals surface area contributed by atoms with Gasteiger partial charge >= 0.3 is 0 Å². The molecule has 1 aromatic carbocycles. The van der Waals surface area contributed by atoms with Crippen molar-refractivity contribution in [1.82, 2.24) is 4.90 Å². The molecule has 1 aliphatic rings. The number of halogens is 1. The molecule has 0 saturated heterocycles. The van der Waals surface area contributed by atoms with E-state index in [9.17, 15) is 4.39 Å². The second-order valence-electron chi connectivity index (χ2n) is 5.51. The Balaban J connectivity index is 2.11. The first-order valence-electron chi connectivity index (χ1n) is 7.12.